The van der Waals surface area contributed by atoms with Gasteiger partial charge in [0.1, 0.15) is 5.75 Å². The highest BCUT2D eigenvalue weighted by molar-refractivity contribution is 5.74. The Morgan fingerprint density at radius 3 is 2.59 bits per heavy atom. The normalized spacial score (nSPS) is 17.5. The van der Waals surface area contributed by atoms with Crippen LogP contribution in [0.25, 0.3) is 0 Å². The topological polar surface area (TPSA) is 29.5 Å². The lowest BCUT2D eigenvalue weighted by Gasteiger charge is -2.29. The van der Waals surface area contributed by atoms with Crippen molar-refractivity contribution in [3.05, 3.63) is 65.2 Å². The summed E-state index contributed by atoms with van der Waals surface area (Å²) in [6, 6.07) is 16.6. The number of benzene rings is 2. The largest absolute Gasteiger partial charge is 0.497 e. The lowest BCUT2D eigenvalue weighted by molar-refractivity contribution is -0.131. The van der Waals surface area contributed by atoms with E-state index in [0.717, 1.165) is 25.1 Å². The van der Waals surface area contributed by atoms with Crippen molar-refractivity contribution in [3.8, 4) is 5.75 Å². The van der Waals surface area contributed by atoms with E-state index in [0.29, 0.717) is 0 Å². The summed E-state index contributed by atoms with van der Waals surface area (Å²) in [5.74, 6) is 1.01. The smallest absolute Gasteiger partial charge is 0.219 e. The minimum absolute atomic E-state index is 0.0899. The van der Waals surface area contributed by atoms with Gasteiger partial charge >= 0.3 is 0 Å². The third kappa shape index (κ3) is 2.84. The van der Waals surface area contributed by atoms with Gasteiger partial charge in [-0.1, -0.05) is 36.4 Å². The predicted molar refractivity (Wildman–Crippen MR) is 87.0 cm³/mol. The second-order valence-electron chi connectivity index (χ2n) is 5.73. The maximum Gasteiger partial charge on any atom is 0.219 e. The summed E-state index contributed by atoms with van der Waals surface area (Å²) in [7, 11) is 1.69. The number of fused-ring (bicyclic) bond motifs is 1. The number of methoxy groups -OCH3 is 1. The van der Waals surface area contributed by atoms with Gasteiger partial charge in [0, 0.05) is 13.5 Å². The Labute approximate surface area is 131 Å². The van der Waals surface area contributed by atoms with Crippen LogP contribution in [0.3, 0.4) is 0 Å². The fourth-order valence-corrected chi connectivity index (χ4v) is 3.23. The van der Waals surface area contributed by atoms with Crippen LogP contribution in [0.2, 0.25) is 0 Å². The van der Waals surface area contributed by atoms with Gasteiger partial charge in [-0.15, -0.1) is 0 Å². The van der Waals surface area contributed by atoms with Crippen LogP contribution in [-0.4, -0.2) is 24.5 Å². The second kappa shape index (κ2) is 6.22. The van der Waals surface area contributed by atoms with E-state index in [1.54, 1.807) is 14.0 Å². The number of hydrogen-bond acceptors (Lipinski definition) is 2. The van der Waals surface area contributed by atoms with Gasteiger partial charge in [0.2, 0.25) is 5.91 Å². The number of carbonyl (C=O) groups excluding carboxylic acids is 1. The van der Waals surface area contributed by atoms with Crippen molar-refractivity contribution >= 4 is 5.91 Å². The Morgan fingerprint density at radius 1 is 1.14 bits per heavy atom. The van der Waals surface area contributed by atoms with Crippen LogP contribution in [0.15, 0.2) is 48.5 Å². The molecule has 0 N–H and O–H groups in total. The summed E-state index contributed by atoms with van der Waals surface area (Å²) in [6.07, 6.45) is 1.72. The van der Waals surface area contributed by atoms with Crippen LogP contribution < -0.4 is 4.74 Å². The fraction of sp³-hybridized carbons (Fsp3) is 0.316. The number of nitrogens with zero attached hydrogens (tertiary/aromatic N) is 1. The van der Waals surface area contributed by atoms with Gasteiger partial charge in [-0.05, 0) is 41.7 Å². The molecular weight excluding hydrogens is 274 g/mol. The molecular formula is C19H21NO2. The molecule has 1 heterocycles. The van der Waals surface area contributed by atoms with Crippen LogP contribution in [0.4, 0.5) is 0 Å². The van der Waals surface area contributed by atoms with Crippen molar-refractivity contribution in [2.45, 2.75) is 25.8 Å². The predicted octanol–water partition coefficient (Wildman–Crippen LogP) is 3.38. The van der Waals surface area contributed by atoms with E-state index in [2.05, 4.69) is 24.3 Å². The van der Waals surface area contributed by atoms with Crippen LogP contribution in [0.1, 0.15) is 29.7 Å². The zero-order valence-electron chi connectivity index (χ0n) is 13.1. The first kappa shape index (κ1) is 14.6. The number of hydrogen-bond donors (Lipinski definition) is 0. The summed E-state index contributed by atoms with van der Waals surface area (Å²) in [6.45, 7) is 2.42. The van der Waals surface area contributed by atoms with Gasteiger partial charge in [0.05, 0.1) is 13.2 Å². The Kier molecular flexibility index (Phi) is 4.14. The van der Waals surface area contributed by atoms with Gasteiger partial charge in [-0.25, -0.2) is 0 Å². The van der Waals surface area contributed by atoms with Gasteiger partial charge in [-0.3, -0.25) is 4.79 Å². The summed E-state index contributed by atoms with van der Waals surface area (Å²) in [5, 5.41) is 0. The van der Waals surface area contributed by atoms with Gasteiger partial charge in [-0.2, -0.15) is 0 Å². The molecule has 114 valence electrons. The molecule has 0 spiro atoms. The molecule has 1 unspecified atom stereocenters. The van der Waals surface area contributed by atoms with Crippen LogP contribution in [0.5, 0.6) is 5.75 Å². The monoisotopic (exact) mass is 295 g/mol. The summed E-state index contributed by atoms with van der Waals surface area (Å²) in [4.78, 5) is 14.1. The van der Waals surface area contributed by atoms with Gasteiger partial charge in [0.15, 0.2) is 0 Å². The van der Waals surface area contributed by atoms with Gasteiger partial charge in [0.25, 0.3) is 0 Å². The number of carbonyl (C=O) groups is 1. The van der Waals surface area contributed by atoms with E-state index < -0.39 is 0 Å². The lowest BCUT2D eigenvalue weighted by Crippen LogP contribution is -2.34. The molecule has 0 aromatic heterocycles. The quantitative estimate of drug-likeness (QED) is 0.850. The molecule has 1 aliphatic rings. The highest BCUT2D eigenvalue weighted by Crippen LogP contribution is 2.32. The highest BCUT2D eigenvalue weighted by Gasteiger charge is 2.27. The molecule has 2 aromatic rings. The van der Waals surface area contributed by atoms with Crippen molar-refractivity contribution < 1.29 is 9.53 Å². The summed E-state index contributed by atoms with van der Waals surface area (Å²) >= 11 is 0. The summed E-state index contributed by atoms with van der Waals surface area (Å²) < 4.78 is 5.36. The first-order valence-electron chi connectivity index (χ1n) is 7.67. The third-order valence-corrected chi connectivity index (χ3v) is 4.41. The van der Waals surface area contributed by atoms with Crippen LogP contribution >= 0.6 is 0 Å². The first-order valence-corrected chi connectivity index (χ1v) is 7.67. The lowest BCUT2D eigenvalue weighted by atomic mass is 9.96. The molecule has 1 atom stereocenters. The van der Waals surface area contributed by atoms with Crippen molar-refractivity contribution in [1.82, 2.24) is 4.90 Å². The van der Waals surface area contributed by atoms with E-state index in [1.165, 1.54) is 16.7 Å². The zero-order valence-corrected chi connectivity index (χ0v) is 13.1. The highest BCUT2D eigenvalue weighted by atomic mass is 16.5. The standard InChI is InChI=1S/C19H21NO2/c1-14(21)20-11-10-15-8-9-18(22-2)12-17(15)13-19(20)16-6-4-3-5-7-16/h3-9,12,19H,10-11,13H2,1-2H3. The molecule has 0 bridgehead atoms. The first-order chi connectivity index (χ1) is 10.7. The van der Waals surface area contributed by atoms with Crippen molar-refractivity contribution in [1.29, 1.82) is 0 Å². The molecule has 2 aromatic carbocycles. The van der Waals surface area contributed by atoms with E-state index in [9.17, 15) is 4.79 Å². The van der Waals surface area contributed by atoms with Crippen LogP contribution in [-0.2, 0) is 17.6 Å². The summed E-state index contributed by atoms with van der Waals surface area (Å²) in [5.41, 5.74) is 3.77. The molecule has 0 saturated carbocycles. The molecule has 0 fully saturated rings. The third-order valence-electron chi connectivity index (χ3n) is 4.41. The Bertz CT molecular complexity index is 666. The Hall–Kier alpha value is -2.29. The molecule has 3 nitrogen and oxygen atoms in total. The molecule has 3 heteroatoms. The number of ether oxygens (including phenoxy) is 1. The Morgan fingerprint density at radius 2 is 1.91 bits per heavy atom. The molecule has 1 amide bonds. The minimum Gasteiger partial charge on any atom is -0.497 e. The van der Waals surface area contributed by atoms with E-state index >= 15 is 0 Å². The number of amides is 1. The molecule has 3 rings (SSSR count). The van der Waals surface area contributed by atoms with Crippen molar-refractivity contribution in [3.63, 3.8) is 0 Å². The molecule has 0 radical (unpaired) electrons. The average molecular weight is 295 g/mol. The van der Waals surface area contributed by atoms with E-state index in [-0.39, 0.29) is 11.9 Å². The van der Waals surface area contributed by atoms with Crippen molar-refractivity contribution in [2.75, 3.05) is 13.7 Å². The number of rotatable bonds is 2. The maximum atomic E-state index is 12.1. The Balaban J connectivity index is 2.01. The molecule has 1 aliphatic heterocycles. The average Bonchev–Trinajstić information content (AvgIpc) is 2.74. The van der Waals surface area contributed by atoms with Crippen molar-refractivity contribution in [2.24, 2.45) is 0 Å². The zero-order chi connectivity index (χ0) is 15.5. The fourth-order valence-electron chi connectivity index (χ4n) is 3.23. The van der Waals surface area contributed by atoms with Crippen LogP contribution in [0, 0.1) is 0 Å². The van der Waals surface area contributed by atoms with Gasteiger partial charge < -0.3 is 9.64 Å². The SMILES string of the molecule is COc1ccc2c(c1)CC(c1ccccc1)N(C(C)=O)CC2. The second-order valence-corrected chi connectivity index (χ2v) is 5.73. The molecule has 22 heavy (non-hydrogen) atoms. The van der Waals surface area contributed by atoms with E-state index in [1.807, 2.05) is 29.2 Å². The molecule has 0 saturated heterocycles. The van der Waals surface area contributed by atoms with E-state index in [4.69, 9.17) is 4.74 Å². The maximum absolute atomic E-state index is 12.1. The minimum atomic E-state index is 0.0899. The molecule has 0 aliphatic carbocycles.